The van der Waals surface area contributed by atoms with Gasteiger partial charge in [0.05, 0.1) is 11.1 Å². The molecule has 1 fully saturated rings. The monoisotopic (exact) mass is 458 g/mol. The Morgan fingerprint density at radius 1 is 1.07 bits per heavy atom. The highest BCUT2D eigenvalue weighted by molar-refractivity contribution is 7.89. The zero-order chi connectivity index (χ0) is 21.9. The first-order valence-corrected chi connectivity index (χ1v) is 11.2. The first-order chi connectivity index (χ1) is 14.2. The smallest absolute Gasteiger partial charge is 0.255 e. The van der Waals surface area contributed by atoms with Gasteiger partial charge < -0.3 is 10.4 Å². The Balaban J connectivity index is 1.86. The van der Waals surface area contributed by atoms with E-state index in [1.165, 1.54) is 12.1 Å². The molecule has 0 aromatic heterocycles. The lowest BCUT2D eigenvalue weighted by Gasteiger charge is -2.26. The van der Waals surface area contributed by atoms with Crippen molar-refractivity contribution in [3.8, 4) is 0 Å². The average Bonchev–Trinajstić information content (AvgIpc) is 2.67. The van der Waals surface area contributed by atoms with Crippen molar-refractivity contribution >= 4 is 33.2 Å². The van der Waals surface area contributed by atoms with E-state index in [0.29, 0.717) is 19.3 Å². The molecule has 0 saturated carbocycles. The van der Waals surface area contributed by atoms with Gasteiger partial charge in [-0.1, -0.05) is 11.6 Å². The Kier molecular flexibility index (Phi) is 7.07. The van der Waals surface area contributed by atoms with Crippen LogP contribution >= 0.6 is 11.6 Å². The first kappa shape index (κ1) is 22.6. The van der Waals surface area contributed by atoms with Gasteiger partial charge in [0.1, 0.15) is 16.5 Å². The number of amides is 1. The van der Waals surface area contributed by atoms with Crippen molar-refractivity contribution in [2.75, 3.05) is 18.4 Å². The van der Waals surface area contributed by atoms with Crippen LogP contribution in [0.4, 0.5) is 14.5 Å². The normalized spacial score (nSPS) is 18.5. The number of aliphatic hydroxyl groups is 1. The number of benzene rings is 2. The number of anilines is 1. The molecule has 1 amide bonds. The number of halogens is 3. The predicted molar refractivity (Wildman–Crippen MR) is 109 cm³/mol. The number of sulfonamides is 1. The predicted octanol–water partition coefficient (Wildman–Crippen LogP) is 3.80. The summed E-state index contributed by atoms with van der Waals surface area (Å²) in [6.45, 7) is 0.270. The molecule has 2 N–H and O–H groups in total. The number of rotatable bonds is 4. The average molecular weight is 459 g/mol. The summed E-state index contributed by atoms with van der Waals surface area (Å²) in [6.07, 6.45) is 1.46. The lowest BCUT2D eigenvalue weighted by molar-refractivity contribution is 0.102. The van der Waals surface area contributed by atoms with Crippen LogP contribution in [0.25, 0.3) is 0 Å². The van der Waals surface area contributed by atoms with Crippen LogP contribution in [0.1, 0.15) is 36.0 Å². The third kappa shape index (κ3) is 5.15. The van der Waals surface area contributed by atoms with Gasteiger partial charge in [-0.05, 0) is 62.1 Å². The first-order valence-electron chi connectivity index (χ1n) is 9.42. The summed E-state index contributed by atoms with van der Waals surface area (Å²) >= 11 is 5.69. The van der Waals surface area contributed by atoms with Crippen LogP contribution < -0.4 is 5.32 Å². The summed E-state index contributed by atoms with van der Waals surface area (Å²) in [5, 5.41) is 12.1. The van der Waals surface area contributed by atoms with E-state index in [1.807, 2.05) is 0 Å². The SMILES string of the molecule is O=C(Nc1ccc(F)c(Cl)c1)c1ccc(F)c(S(=O)(=O)N2CCCCC(O)CC2)c1. The fraction of sp³-hybridized carbons (Fsp3) is 0.350. The topological polar surface area (TPSA) is 86.7 Å². The quantitative estimate of drug-likeness (QED) is 0.729. The van der Waals surface area contributed by atoms with Crippen molar-refractivity contribution in [2.24, 2.45) is 0 Å². The van der Waals surface area contributed by atoms with E-state index in [9.17, 15) is 27.1 Å². The number of hydrogen-bond donors (Lipinski definition) is 2. The van der Waals surface area contributed by atoms with E-state index in [2.05, 4.69) is 5.32 Å². The maximum Gasteiger partial charge on any atom is 0.255 e. The Bertz CT molecular complexity index is 1050. The van der Waals surface area contributed by atoms with Crippen molar-refractivity contribution in [3.63, 3.8) is 0 Å². The van der Waals surface area contributed by atoms with E-state index in [4.69, 9.17) is 11.6 Å². The Hall–Kier alpha value is -2.07. The summed E-state index contributed by atoms with van der Waals surface area (Å²) < 4.78 is 54.8. The van der Waals surface area contributed by atoms with E-state index in [-0.39, 0.29) is 35.8 Å². The van der Waals surface area contributed by atoms with Gasteiger partial charge >= 0.3 is 0 Å². The summed E-state index contributed by atoms with van der Waals surface area (Å²) in [5.74, 6) is -2.32. The Labute approximate surface area is 178 Å². The van der Waals surface area contributed by atoms with Crippen LogP contribution in [0, 0.1) is 11.6 Å². The zero-order valence-electron chi connectivity index (χ0n) is 15.9. The summed E-state index contributed by atoms with van der Waals surface area (Å²) in [7, 11) is -4.20. The van der Waals surface area contributed by atoms with Crippen molar-refractivity contribution in [1.82, 2.24) is 4.31 Å². The van der Waals surface area contributed by atoms with Crippen molar-refractivity contribution in [2.45, 2.75) is 36.7 Å². The molecule has 1 unspecified atom stereocenters. The molecule has 10 heteroatoms. The van der Waals surface area contributed by atoms with Crippen LogP contribution in [-0.2, 0) is 10.0 Å². The third-order valence-electron chi connectivity index (χ3n) is 4.90. The van der Waals surface area contributed by atoms with Gasteiger partial charge in [-0.15, -0.1) is 0 Å². The number of carbonyl (C=O) groups excluding carboxylic acids is 1. The van der Waals surface area contributed by atoms with Gasteiger partial charge in [-0.3, -0.25) is 4.79 Å². The van der Waals surface area contributed by atoms with Crippen LogP contribution in [0.3, 0.4) is 0 Å². The van der Waals surface area contributed by atoms with Crippen LogP contribution in [0.15, 0.2) is 41.3 Å². The number of nitrogens with one attached hydrogen (secondary N) is 1. The molecule has 1 saturated heterocycles. The van der Waals surface area contributed by atoms with E-state index < -0.39 is 38.6 Å². The molecule has 0 radical (unpaired) electrons. The number of carbonyl (C=O) groups is 1. The van der Waals surface area contributed by atoms with Crippen LogP contribution in [-0.4, -0.2) is 42.9 Å². The number of nitrogens with zero attached hydrogens (tertiary/aromatic N) is 1. The second kappa shape index (κ2) is 9.38. The highest BCUT2D eigenvalue weighted by atomic mass is 35.5. The lowest BCUT2D eigenvalue weighted by Crippen LogP contribution is -2.36. The molecule has 6 nitrogen and oxygen atoms in total. The maximum absolute atomic E-state index is 14.4. The lowest BCUT2D eigenvalue weighted by atomic mass is 10.1. The van der Waals surface area contributed by atoms with Gasteiger partial charge in [0.25, 0.3) is 5.91 Å². The fourth-order valence-electron chi connectivity index (χ4n) is 3.22. The minimum atomic E-state index is -4.20. The highest BCUT2D eigenvalue weighted by Crippen LogP contribution is 2.25. The van der Waals surface area contributed by atoms with Gasteiger partial charge in [0.15, 0.2) is 0 Å². The number of hydrogen-bond acceptors (Lipinski definition) is 4. The minimum absolute atomic E-state index is 0.0629. The molecule has 30 heavy (non-hydrogen) atoms. The van der Waals surface area contributed by atoms with Gasteiger partial charge in [0, 0.05) is 24.3 Å². The van der Waals surface area contributed by atoms with Gasteiger partial charge in [-0.2, -0.15) is 4.31 Å². The molecule has 0 spiro atoms. The third-order valence-corrected chi connectivity index (χ3v) is 7.10. The molecule has 1 aliphatic rings. The molecule has 0 bridgehead atoms. The van der Waals surface area contributed by atoms with E-state index in [1.54, 1.807) is 0 Å². The summed E-state index contributed by atoms with van der Waals surface area (Å²) in [6, 6.07) is 6.63. The molecule has 3 rings (SSSR count). The number of aliphatic hydroxyl groups excluding tert-OH is 1. The maximum atomic E-state index is 14.4. The molecular formula is C20H21ClF2N2O4S. The van der Waals surface area contributed by atoms with E-state index in [0.717, 1.165) is 28.6 Å². The van der Waals surface area contributed by atoms with E-state index >= 15 is 0 Å². The molecule has 162 valence electrons. The van der Waals surface area contributed by atoms with Crippen molar-refractivity contribution in [3.05, 3.63) is 58.6 Å². The van der Waals surface area contributed by atoms with Crippen LogP contribution in [0.2, 0.25) is 5.02 Å². The van der Waals surface area contributed by atoms with Gasteiger partial charge in [-0.25, -0.2) is 17.2 Å². The highest BCUT2D eigenvalue weighted by Gasteiger charge is 2.29. The van der Waals surface area contributed by atoms with Crippen LogP contribution in [0.5, 0.6) is 0 Å². The molecule has 1 atom stereocenters. The molecule has 0 aliphatic carbocycles. The molecular weight excluding hydrogens is 438 g/mol. The zero-order valence-corrected chi connectivity index (χ0v) is 17.5. The molecule has 1 heterocycles. The molecule has 2 aromatic rings. The fourth-order valence-corrected chi connectivity index (χ4v) is 4.98. The van der Waals surface area contributed by atoms with Crippen molar-refractivity contribution < 1.29 is 27.1 Å². The standard InChI is InChI=1S/C20H21ClF2N2O4S/c21-16-12-14(5-7-17(16)22)24-20(27)13-4-6-18(23)19(11-13)30(28,29)25-9-2-1-3-15(26)8-10-25/h4-7,11-12,15,26H,1-3,8-10H2,(H,24,27). The second-order valence-electron chi connectivity index (χ2n) is 7.07. The Morgan fingerprint density at radius 2 is 1.80 bits per heavy atom. The largest absolute Gasteiger partial charge is 0.393 e. The Morgan fingerprint density at radius 3 is 2.53 bits per heavy atom. The molecule has 1 aliphatic heterocycles. The summed E-state index contributed by atoms with van der Waals surface area (Å²) in [5.41, 5.74) is 0.125. The second-order valence-corrected chi connectivity index (χ2v) is 9.38. The molecule has 2 aromatic carbocycles. The van der Waals surface area contributed by atoms with Crippen molar-refractivity contribution in [1.29, 1.82) is 0 Å². The minimum Gasteiger partial charge on any atom is -0.393 e. The van der Waals surface area contributed by atoms with Gasteiger partial charge in [0.2, 0.25) is 10.0 Å². The summed E-state index contributed by atoms with van der Waals surface area (Å²) in [4.78, 5) is 11.9.